The predicted molar refractivity (Wildman–Crippen MR) is 57.9 cm³/mol. The third kappa shape index (κ3) is 3.25. The van der Waals surface area contributed by atoms with E-state index in [0.717, 1.165) is 12.1 Å². The third-order valence-electron chi connectivity index (χ3n) is 2.46. The van der Waals surface area contributed by atoms with Gasteiger partial charge >= 0.3 is 5.97 Å². The molecule has 6 heteroatoms. The van der Waals surface area contributed by atoms with E-state index in [1.54, 1.807) is 0 Å². The van der Waals surface area contributed by atoms with Crippen LogP contribution >= 0.6 is 0 Å². The van der Waals surface area contributed by atoms with Gasteiger partial charge in [0.25, 0.3) is 6.43 Å². The van der Waals surface area contributed by atoms with E-state index in [2.05, 4.69) is 0 Å². The lowest BCUT2D eigenvalue weighted by Crippen LogP contribution is -2.11. The summed E-state index contributed by atoms with van der Waals surface area (Å²) < 4.78 is 25.4. The molecule has 0 fully saturated rings. The van der Waals surface area contributed by atoms with Gasteiger partial charge in [-0.3, -0.25) is 0 Å². The number of hydrogen-bond donors (Lipinski definition) is 2. The number of halogens is 2. The van der Waals surface area contributed by atoms with Crippen molar-refractivity contribution < 1.29 is 23.8 Å². The largest absolute Gasteiger partial charge is 0.479 e. The van der Waals surface area contributed by atoms with E-state index in [0.29, 0.717) is 0 Å². The lowest BCUT2D eigenvalue weighted by Gasteiger charge is -2.12. The molecule has 0 aliphatic rings. The summed E-state index contributed by atoms with van der Waals surface area (Å²) in [4.78, 5) is 10.6. The zero-order chi connectivity index (χ0) is 13.7. The van der Waals surface area contributed by atoms with E-state index in [-0.39, 0.29) is 29.5 Å². The Balaban J connectivity index is 3.12. The van der Waals surface area contributed by atoms with Crippen molar-refractivity contribution in [1.29, 1.82) is 5.26 Å². The van der Waals surface area contributed by atoms with Crippen molar-refractivity contribution in [1.82, 2.24) is 0 Å². The Bertz CT molecular complexity index is 483. The van der Waals surface area contributed by atoms with Crippen molar-refractivity contribution in [2.45, 2.75) is 25.4 Å². The van der Waals surface area contributed by atoms with Crippen LogP contribution in [0, 0.1) is 11.3 Å². The number of nitriles is 1. The number of aryl methyl sites for hydroxylation is 1. The van der Waals surface area contributed by atoms with Crippen LogP contribution < -0.4 is 0 Å². The van der Waals surface area contributed by atoms with Gasteiger partial charge in [-0.1, -0.05) is 18.2 Å². The number of aliphatic carboxylic acids is 1. The summed E-state index contributed by atoms with van der Waals surface area (Å²) in [5.41, 5.74) is -0.0317. The van der Waals surface area contributed by atoms with Crippen LogP contribution in [-0.2, 0) is 11.2 Å². The average Bonchev–Trinajstić information content (AvgIpc) is 2.34. The summed E-state index contributed by atoms with van der Waals surface area (Å²) in [5.74, 6) is -1.45. The molecule has 0 heterocycles. The second-order valence-electron chi connectivity index (χ2n) is 3.66. The topological polar surface area (TPSA) is 81.3 Å². The van der Waals surface area contributed by atoms with E-state index >= 15 is 0 Å². The summed E-state index contributed by atoms with van der Waals surface area (Å²) in [7, 11) is 0. The minimum Gasteiger partial charge on any atom is -0.479 e. The van der Waals surface area contributed by atoms with Crippen LogP contribution in [0.3, 0.4) is 0 Å². The average molecular weight is 255 g/mol. The summed E-state index contributed by atoms with van der Waals surface area (Å²) in [6.07, 6.45) is -4.31. The van der Waals surface area contributed by atoms with Gasteiger partial charge in [0, 0.05) is 12.0 Å². The van der Waals surface area contributed by atoms with Crippen molar-refractivity contribution >= 4 is 5.97 Å². The Hall–Kier alpha value is -2.00. The number of aliphatic hydroxyl groups is 1. The Morgan fingerprint density at radius 2 is 2.11 bits per heavy atom. The van der Waals surface area contributed by atoms with Gasteiger partial charge in [0.05, 0.1) is 6.07 Å². The highest BCUT2D eigenvalue weighted by Gasteiger charge is 2.19. The molecule has 0 aromatic heterocycles. The molecule has 96 valence electrons. The molecule has 0 aliphatic carbocycles. The number of carbonyl (C=O) groups is 1. The Labute approximate surface area is 102 Å². The normalized spacial score (nSPS) is 12.2. The fourth-order valence-electron chi connectivity index (χ4n) is 1.56. The molecule has 1 aromatic rings. The predicted octanol–water partition coefficient (Wildman–Crippen LogP) is 2.20. The minimum atomic E-state index is -2.70. The molecule has 1 unspecified atom stereocenters. The summed E-state index contributed by atoms with van der Waals surface area (Å²) in [6, 6.07) is 5.27. The van der Waals surface area contributed by atoms with Gasteiger partial charge in [-0.05, 0) is 17.5 Å². The lowest BCUT2D eigenvalue weighted by molar-refractivity contribution is -0.146. The third-order valence-corrected chi connectivity index (χ3v) is 2.46. The minimum absolute atomic E-state index is 0.0276. The first-order valence-electron chi connectivity index (χ1n) is 5.16. The van der Waals surface area contributed by atoms with Gasteiger partial charge < -0.3 is 10.2 Å². The highest BCUT2D eigenvalue weighted by atomic mass is 19.3. The van der Waals surface area contributed by atoms with Crippen molar-refractivity contribution in [2.24, 2.45) is 0 Å². The standard InChI is InChI=1S/C12H11F2NO3/c13-11(14)9-4-3-8(10(16)12(17)18)6-7(9)2-1-5-15/h3-4,6,10-11,16H,1-2H2,(H,17,18). The maximum absolute atomic E-state index is 12.7. The Morgan fingerprint density at radius 1 is 1.44 bits per heavy atom. The fourth-order valence-corrected chi connectivity index (χ4v) is 1.56. The summed E-state index contributed by atoms with van der Waals surface area (Å²) >= 11 is 0. The van der Waals surface area contributed by atoms with Crippen molar-refractivity contribution in [2.75, 3.05) is 0 Å². The molecule has 18 heavy (non-hydrogen) atoms. The molecule has 1 aromatic carbocycles. The zero-order valence-electron chi connectivity index (χ0n) is 9.31. The first-order chi connectivity index (χ1) is 8.47. The van der Waals surface area contributed by atoms with E-state index < -0.39 is 18.5 Å². The SMILES string of the molecule is N#CCCc1cc(C(O)C(=O)O)ccc1C(F)F. The molecule has 2 N–H and O–H groups in total. The fraction of sp³-hybridized carbons (Fsp3) is 0.333. The monoisotopic (exact) mass is 255 g/mol. The molecule has 1 rings (SSSR count). The first kappa shape index (κ1) is 14.1. The van der Waals surface area contributed by atoms with E-state index in [1.165, 1.54) is 6.07 Å². The number of benzene rings is 1. The van der Waals surface area contributed by atoms with Crippen molar-refractivity contribution in [3.8, 4) is 6.07 Å². The molecule has 0 amide bonds. The van der Waals surface area contributed by atoms with Crippen LogP contribution in [0.15, 0.2) is 18.2 Å². The van der Waals surface area contributed by atoms with E-state index in [9.17, 15) is 18.7 Å². The second kappa shape index (κ2) is 6.07. The maximum atomic E-state index is 12.7. The van der Waals surface area contributed by atoms with Gasteiger partial charge in [-0.2, -0.15) is 5.26 Å². The number of aliphatic hydroxyl groups excluding tert-OH is 1. The molecular formula is C12H11F2NO3. The Kier molecular flexibility index (Phi) is 4.75. The smallest absolute Gasteiger partial charge is 0.337 e. The lowest BCUT2D eigenvalue weighted by atomic mass is 9.98. The summed E-state index contributed by atoms with van der Waals surface area (Å²) in [6.45, 7) is 0. The van der Waals surface area contributed by atoms with E-state index in [1.807, 2.05) is 6.07 Å². The van der Waals surface area contributed by atoms with Gasteiger partial charge in [0.2, 0.25) is 0 Å². The summed E-state index contributed by atoms with van der Waals surface area (Å²) in [5, 5.41) is 26.4. The maximum Gasteiger partial charge on any atom is 0.337 e. The molecular weight excluding hydrogens is 244 g/mol. The van der Waals surface area contributed by atoms with Crippen LogP contribution in [0.5, 0.6) is 0 Å². The molecule has 0 bridgehead atoms. The molecule has 0 radical (unpaired) electrons. The first-order valence-corrected chi connectivity index (χ1v) is 5.16. The van der Waals surface area contributed by atoms with Crippen LogP contribution in [0.25, 0.3) is 0 Å². The molecule has 0 saturated carbocycles. The van der Waals surface area contributed by atoms with Crippen molar-refractivity contribution in [3.05, 3.63) is 34.9 Å². The van der Waals surface area contributed by atoms with Gasteiger partial charge in [0.15, 0.2) is 6.10 Å². The highest BCUT2D eigenvalue weighted by Crippen LogP contribution is 2.27. The van der Waals surface area contributed by atoms with Crippen molar-refractivity contribution in [3.63, 3.8) is 0 Å². The van der Waals surface area contributed by atoms with E-state index in [4.69, 9.17) is 10.4 Å². The van der Waals surface area contributed by atoms with Gasteiger partial charge in [0.1, 0.15) is 0 Å². The number of alkyl halides is 2. The molecule has 4 nitrogen and oxygen atoms in total. The number of nitrogens with zero attached hydrogens (tertiary/aromatic N) is 1. The second-order valence-corrected chi connectivity index (χ2v) is 3.66. The van der Waals surface area contributed by atoms with Crippen LogP contribution in [0.2, 0.25) is 0 Å². The molecule has 1 atom stereocenters. The molecule has 0 spiro atoms. The van der Waals surface area contributed by atoms with Gasteiger partial charge in [-0.15, -0.1) is 0 Å². The Morgan fingerprint density at radius 3 is 2.61 bits per heavy atom. The van der Waals surface area contributed by atoms with Gasteiger partial charge in [-0.25, -0.2) is 13.6 Å². The zero-order valence-corrected chi connectivity index (χ0v) is 9.31. The highest BCUT2D eigenvalue weighted by molar-refractivity contribution is 5.74. The molecule has 0 aliphatic heterocycles. The number of carboxylic acids is 1. The number of hydrogen-bond acceptors (Lipinski definition) is 3. The van der Waals surface area contributed by atoms with Crippen LogP contribution in [0.1, 0.15) is 35.6 Å². The number of rotatable bonds is 5. The van der Waals surface area contributed by atoms with Crippen LogP contribution in [0.4, 0.5) is 8.78 Å². The quantitative estimate of drug-likeness (QED) is 0.845. The number of carboxylic acid groups (broad SMARTS) is 1. The molecule has 0 saturated heterocycles. The van der Waals surface area contributed by atoms with Crippen LogP contribution in [-0.4, -0.2) is 16.2 Å².